The lowest BCUT2D eigenvalue weighted by Gasteiger charge is -2.47. The topological polar surface area (TPSA) is 265 Å². The largest absolute Gasteiger partial charge is 0.391 e. The zero-order valence-electron chi connectivity index (χ0n) is 29.8. The summed E-state index contributed by atoms with van der Waals surface area (Å²) in [4.78, 5) is 0. The first-order chi connectivity index (χ1) is 24.4. The number of aliphatic hydroxyl groups is 2. The Hall–Kier alpha value is -1.19. The Labute approximate surface area is 307 Å². The average molecular weight is 796 g/mol. The Kier molecular flexibility index (Phi) is 12.5. The summed E-state index contributed by atoms with van der Waals surface area (Å²) in [5.41, 5.74) is 0. The minimum Gasteiger partial charge on any atom is -0.391 e. The van der Waals surface area contributed by atoms with Gasteiger partial charge in [-0.25, -0.2) is 0 Å². The highest BCUT2D eigenvalue weighted by Crippen LogP contribution is 2.47. The van der Waals surface area contributed by atoms with Gasteiger partial charge in [-0.15, -0.1) is 0 Å². The number of fused-ring (bicyclic) bond motifs is 2. The SMILES string of the molecule is CC1CC(N=NC2C(O)C3CCC(NC4CCCCC4)CC3CC2S(=O)(=O)O)C(O)CC1N=NC1CCC2CC(S(=O)(=O)O)CC(S(=O)(=O)O)C2C1. The van der Waals surface area contributed by atoms with Gasteiger partial charge >= 0.3 is 0 Å². The maximum Gasteiger partial charge on any atom is 0.270 e. The summed E-state index contributed by atoms with van der Waals surface area (Å²) in [6.07, 6.45) is 8.00. The highest BCUT2D eigenvalue weighted by molar-refractivity contribution is 7.87. The molecule has 15 atom stereocenters. The lowest BCUT2D eigenvalue weighted by molar-refractivity contribution is -0.0135. The van der Waals surface area contributed by atoms with Gasteiger partial charge in [0.2, 0.25) is 0 Å². The van der Waals surface area contributed by atoms with Crippen molar-refractivity contribution in [1.82, 2.24) is 5.32 Å². The molecule has 15 unspecified atom stereocenters. The van der Waals surface area contributed by atoms with E-state index in [-0.39, 0.29) is 73.9 Å². The number of rotatable bonds is 9. The van der Waals surface area contributed by atoms with Crippen LogP contribution in [0.4, 0.5) is 0 Å². The van der Waals surface area contributed by atoms with Gasteiger partial charge in [0.05, 0.1) is 40.8 Å². The van der Waals surface area contributed by atoms with Crippen molar-refractivity contribution in [2.75, 3.05) is 0 Å². The summed E-state index contributed by atoms with van der Waals surface area (Å²) >= 11 is 0. The Balaban J connectivity index is 1.06. The van der Waals surface area contributed by atoms with Crippen molar-refractivity contribution >= 4 is 30.4 Å². The van der Waals surface area contributed by atoms with E-state index in [2.05, 4.69) is 25.8 Å². The lowest BCUT2D eigenvalue weighted by Crippen LogP contribution is -2.56. The summed E-state index contributed by atoms with van der Waals surface area (Å²) in [6.45, 7) is 1.93. The van der Waals surface area contributed by atoms with Crippen LogP contribution in [0.25, 0.3) is 0 Å². The van der Waals surface area contributed by atoms with Crippen molar-refractivity contribution in [2.24, 2.45) is 50.0 Å². The monoisotopic (exact) mass is 795 g/mol. The summed E-state index contributed by atoms with van der Waals surface area (Å²) < 4.78 is 103. The molecule has 0 heterocycles. The van der Waals surface area contributed by atoms with Crippen molar-refractivity contribution in [3.8, 4) is 0 Å². The number of nitrogens with zero attached hydrogens (tertiary/aromatic N) is 4. The zero-order valence-corrected chi connectivity index (χ0v) is 32.2. The predicted molar refractivity (Wildman–Crippen MR) is 191 cm³/mol. The average Bonchev–Trinajstić information content (AvgIpc) is 3.07. The van der Waals surface area contributed by atoms with Gasteiger partial charge in [0.25, 0.3) is 30.4 Å². The van der Waals surface area contributed by atoms with Gasteiger partial charge in [0.15, 0.2) is 0 Å². The second-order valence-corrected chi connectivity index (χ2v) is 21.8. The van der Waals surface area contributed by atoms with E-state index in [1.165, 1.54) is 19.3 Å². The molecule has 16 nitrogen and oxygen atoms in total. The number of aliphatic hydroxyl groups excluding tert-OH is 2. The maximum absolute atomic E-state index is 12.6. The Morgan fingerprint density at radius 3 is 1.92 bits per heavy atom. The van der Waals surface area contributed by atoms with Crippen LogP contribution in [-0.4, -0.2) is 113 Å². The van der Waals surface area contributed by atoms with Crippen molar-refractivity contribution in [3.63, 3.8) is 0 Å². The van der Waals surface area contributed by atoms with Gasteiger partial charge in [-0.1, -0.05) is 26.2 Å². The Bertz CT molecular complexity index is 1640. The van der Waals surface area contributed by atoms with Crippen molar-refractivity contribution < 1.29 is 49.1 Å². The van der Waals surface area contributed by atoms with Crippen LogP contribution in [0.15, 0.2) is 20.5 Å². The van der Waals surface area contributed by atoms with Crippen molar-refractivity contribution in [2.45, 2.75) is 174 Å². The fraction of sp³-hybridized carbons (Fsp3) is 1.00. The molecule has 0 bridgehead atoms. The lowest BCUT2D eigenvalue weighted by atomic mass is 9.66. The van der Waals surface area contributed by atoms with E-state index < -0.39 is 76.3 Å². The maximum atomic E-state index is 12.6. The third-order valence-corrected chi connectivity index (χ3v) is 17.3. The molecule has 19 heteroatoms. The molecule has 0 amide bonds. The molecule has 6 fully saturated rings. The molecule has 6 aliphatic carbocycles. The molecule has 0 aromatic heterocycles. The van der Waals surface area contributed by atoms with Crippen LogP contribution in [0.1, 0.15) is 110 Å². The normalized spacial score (nSPS) is 44.4. The van der Waals surface area contributed by atoms with Gasteiger partial charge in [-0.3, -0.25) is 13.7 Å². The first-order valence-corrected chi connectivity index (χ1v) is 23.7. The van der Waals surface area contributed by atoms with Crippen LogP contribution >= 0.6 is 0 Å². The molecule has 0 aromatic carbocycles. The summed E-state index contributed by atoms with van der Waals surface area (Å²) in [5.74, 6) is -1.18. The van der Waals surface area contributed by atoms with Crippen molar-refractivity contribution in [3.05, 3.63) is 0 Å². The smallest absolute Gasteiger partial charge is 0.270 e. The molecule has 0 saturated heterocycles. The van der Waals surface area contributed by atoms with E-state index in [0.717, 1.165) is 32.1 Å². The highest BCUT2D eigenvalue weighted by atomic mass is 32.2. The minimum atomic E-state index is -4.58. The number of hydrogen-bond donors (Lipinski definition) is 6. The van der Waals surface area contributed by atoms with E-state index in [1.54, 1.807) is 0 Å². The number of hydrogen-bond acceptors (Lipinski definition) is 13. The van der Waals surface area contributed by atoms with Gasteiger partial charge in [0.1, 0.15) is 11.3 Å². The molecule has 0 radical (unpaired) electrons. The van der Waals surface area contributed by atoms with Gasteiger partial charge in [-0.2, -0.15) is 45.7 Å². The molecule has 6 rings (SSSR count). The fourth-order valence-corrected chi connectivity index (χ4v) is 14.0. The zero-order chi connectivity index (χ0) is 37.6. The van der Waals surface area contributed by atoms with E-state index >= 15 is 0 Å². The van der Waals surface area contributed by atoms with Crippen LogP contribution < -0.4 is 5.32 Å². The second-order valence-electron chi connectivity index (χ2n) is 16.9. The van der Waals surface area contributed by atoms with Gasteiger partial charge in [0, 0.05) is 12.1 Å². The summed E-state index contributed by atoms with van der Waals surface area (Å²) in [6, 6.07) is -1.84. The number of azo groups is 2. The first kappa shape index (κ1) is 40.5. The van der Waals surface area contributed by atoms with Crippen LogP contribution in [0, 0.1) is 29.6 Å². The van der Waals surface area contributed by atoms with Crippen LogP contribution in [0.5, 0.6) is 0 Å². The molecule has 6 N–H and O–H groups in total. The van der Waals surface area contributed by atoms with Crippen LogP contribution in [0.2, 0.25) is 0 Å². The molecule has 0 aromatic rings. The molecule has 6 saturated carbocycles. The van der Waals surface area contributed by atoms with Gasteiger partial charge in [-0.05, 0) is 113 Å². The van der Waals surface area contributed by atoms with E-state index in [1.807, 2.05) is 6.92 Å². The molecule has 6 aliphatic rings. The number of nitrogens with one attached hydrogen (secondary N) is 1. The van der Waals surface area contributed by atoms with E-state index in [9.17, 15) is 49.1 Å². The third-order valence-electron chi connectivity index (χ3n) is 13.5. The van der Waals surface area contributed by atoms with Gasteiger partial charge < -0.3 is 15.5 Å². The Morgan fingerprint density at radius 1 is 0.558 bits per heavy atom. The first-order valence-electron chi connectivity index (χ1n) is 19.2. The quantitative estimate of drug-likeness (QED) is 0.144. The molecule has 0 spiro atoms. The van der Waals surface area contributed by atoms with Crippen molar-refractivity contribution in [1.29, 1.82) is 0 Å². The Morgan fingerprint density at radius 2 is 1.25 bits per heavy atom. The highest BCUT2D eigenvalue weighted by Gasteiger charge is 2.52. The molecule has 0 aliphatic heterocycles. The third kappa shape index (κ3) is 9.42. The van der Waals surface area contributed by atoms with Crippen LogP contribution in [0.3, 0.4) is 0 Å². The molecule has 52 heavy (non-hydrogen) atoms. The fourth-order valence-electron chi connectivity index (χ4n) is 10.6. The van der Waals surface area contributed by atoms with Crippen LogP contribution in [-0.2, 0) is 30.4 Å². The minimum absolute atomic E-state index is 0.0738. The predicted octanol–water partition coefficient (Wildman–Crippen LogP) is 3.61. The summed E-state index contributed by atoms with van der Waals surface area (Å²) in [5, 5.41) is 40.2. The van der Waals surface area contributed by atoms with E-state index in [0.29, 0.717) is 25.3 Å². The molecular weight excluding hydrogens is 739 g/mol. The summed E-state index contributed by atoms with van der Waals surface area (Å²) in [7, 11) is -13.6. The second kappa shape index (κ2) is 16.1. The standard InChI is InChI=1S/C33H57N5O11S3/c1-18-11-28(29(39)17-27(18)36-35-23-8-7-19-13-24(50(41,42)43)16-30(26(19)15-23)51(44,45)46)37-38-32-31(52(47,48)49)14-20-12-22(9-10-25(20)33(32)40)34-21-5-3-2-4-6-21/h18-34,39-40H,2-17H2,1H3,(H,41,42,43)(H,44,45,46)(H,47,48,49). The molecule has 298 valence electrons. The van der Waals surface area contributed by atoms with E-state index in [4.69, 9.17) is 0 Å². The molecular formula is C33H57N5O11S3.